The van der Waals surface area contributed by atoms with Gasteiger partial charge in [-0.15, -0.1) is 0 Å². The van der Waals surface area contributed by atoms with E-state index in [1.54, 1.807) is 0 Å². The second-order valence-electron chi connectivity index (χ2n) is 4.55. The summed E-state index contributed by atoms with van der Waals surface area (Å²) in [6, 6.07) is 0.890. The Kier molecular flexibility index (Phi) is 4.88. The Morgan fingerprint density at radius 3 is 2.80 bits per heavy atom. The minimum Gasteiger partial charge on any atom is -0.369 e. The van der Waals surface area contributed by atoms with Crippen LogP contribution in [0.15, 0.2) is 23.9 Å². The number of anilines is 1. The first-order chi connectivity index (χ1) is 9.47. The molecule has 2 heterocycles. The molecule has 0 spiro atoms. The lowest BCUT2D eigenvalue weighted by Gasteiger charge is -2.15. The summed E-state index contributed by atoms with van der Waals surface area (Å²) in [5.41, 5.74) is 0.494. The van der Waals surface area contributed by atoms with E-state index in [9.17, 15) is 13.2 Å². The van der Waals surface area contributed by atoms with Crippen molar-refractivity contribution < 1.29 is 13.2 Å². The summed E-state index contributed by atoms with van der Waals surface area (Å²) < 4.78 is 37.4. The van der Waals surface area contributed by atoms with Crippen molar-refractivity contribution in [3.63, 3.8) is 0 Å². The average molecular weight is 306 g/mol. The highest BCUT2D eigenvalue weighted by Crippen LogP contribution is 2.32. The lowest BCUT2D eigenvalue weighted by atomic mass is 10.1. The quantitative estimate of drug-likeness (QED) is 0.836. The lowest BCUT2D eigenvalue weighted by Crippen LogP contribution is -2.21. The van der Waals surface area contributed by atoms with Crippen LogP contribution < -0.4 is 10.6 Å². The molecule has 110 valence electrons. The Balaban J connectivity index is 1.91. The summed E-state index contributed by atoms with van der Waals surface area (Å²) >= 11 is 5.81. The maximum Gasteiger partial charge on any atom is 0.417 e. The van der Waals surface area contributed by atoms with Crippen molar-refractivity contribution in [3.05, 3.63) is 34.5 Å². The monoisotopic (exact) mass is 305 g/mol. The number of halogens is 4. The van der Waals surface area contributed by atoms with Crippen molar-refractivity contribution in [2.45, 2.75) is 19.0 Å². The maximum absolute atomic E-state index is 12.5. The van der Waals surface area contributed by atoms with Gasteiger partial charge in [0.05, 0.1) is 10.6 Å². The molecule has 1 aromatic rings. The van der Waals surface area contributed by atoms with Crippen molar-refractivity contribution in [1.82, 2.24) is 10.3 Å². The topological polar surface area (TPSA) is 37.0 Å². The number of pyridine rings is 1. The van der Waals surface area contributed by atoms with E-state index in [1.165, 1.54) is 5.57 Å². The second kappa shape index (κ2) is 6.45. The van der Waals surface area contributed by atoms with Gasteiger partial charge in [-0.25, -0.2) is 4.98 Å². The fourth-order valence-corrected chi connectivity index (χ4v) is 2.19. The van der Waals surface area contributed by atoms with Gasteiger partial charge in [-0.2, -0.15) is 13.2 Å². The normalized spacial score (nSPS) is 15.9. The molecule has 2 rings (SSSR count). The summed E-state index contributed by atoms with van der Waals surface area (Å²) in [6.45, 7) is 2.43. The molecule has 20 heavy (non-hydrogen) atoms. The molecule has 0 bridgehead atoms. The largest absolute Gasteiger partial charge is 0.417 e. The third-order valence-electron chi connectivity index (χ3n) is 3.07. The minimum atomic E-state index is -4.42. The standard InChI is InChI=1S/C13H15ClF3N3/c14-11-7-10(13(15,16)17)8-20-12(11)19-6-3-9-1-4-18-5-2-9/h1,7-8,18H,2-6H2,(H,19,20). The van der Waals surface area contributed by atoms with E-state index in [4.69, 9.17) is 11.6 Å². The molecular weight excluding hydrogens is 291 g/mol. The summed E-state index contributed by atoms with van der Waals surface area (Å²) in [5.74, 6) is 0.286. The Labute approximate surface area is 120 Å². The summed E-state index contributed by atoms with van der Waals surface area (Å²) in [4.78, 5) is 3.73. The predicted molar refractivity (Wildman–Crippen MR) is 72.9 cm³/mol. The number of nitrogens with zero attached hydrogens (tertiary/aromatic N) is 1. The Bertz CT molecular complexity index is 500. The molecule has 0 amide bonds. The number of rotatable bonds is 4. The molecule has 1 aromatic heterocycles. The van der Waals surface area contributed by atoms with Crippen molar-refractivity contribution in [2.75, 3.05) is 25.0 Å². The number of alkyl halides is 3. The number of nitrogens with one attached hydrogen (secondary N) is 2. The van der Waals surface area contributed by atoms with Crippen LogP contribution in [-0.2, 0) is 6.18 Å². The van der Waals surface area contributed by atoms with Gasteiger partial charge in [0.2, 0.25) is 0 Å². The third kappa shape index (κ3) is 4.11. The van der Waals surface area contributed by atoms with Gasteiger partial charge in [-0.1, -0.05) is 23.3 Å². The Morgan fingerprint density at radius 1 is 1.40 bits per heavy atom. The van der Waals surface area contributed by atoms with Crippen molar-refractivity contribution in [2.24, 2.45) is 0 Å². The minimum absolute atomic E-state index is 0.0147. The van der Waals surface area contributed by atoms with E-state index in [0.29, 0.717) is 6.54 Å². The van der Waals surface area contributed by atoms with Gasteiger partial charge in [0.15, 0.2) is 0 Å². The summed E-state index contributed by atoms with van der Waals surface area (Å²) in [5, 5.41) is 6.17. The molecule has 7 heteroatoms. The molecule has 0 aromatic carbocycles. The summed E-state index contributed by atoms with van der Waals surface area (Å²) in [6.07, 6.45) is 0.330. The van der Waals surface area contributed by atoms with E-state index < -0.39 is 11.7 Å². The second-order valence-corrected chi connectivity index (χ2v) is 4.95. The zero-order chi connectivity index (χ0) is 14.6. The molecule has 1 aliphatic rings. The number of hydrogen-bond donors (Lipinski definition) is 2. The zero-order valence-electron chi connectivity index (χ0n) is 10.7. The smallest absolute Gasteiger partial charge is 0.369 e. The van der Waals surface area contributed by atoms with Crippen LogP contribution in [0.4, 0.5) is 19.0 Å². The van der Waals surface area contributed by atoms with Gasteiger partial charge >= 0.3 is 6.18 Å². The van der Waals surface area contributed by atoms with Crippen LogP contribution in [0.3, 0.4) is 0 Å². The van der Waals surface area contributed by atoms with E-state index in [2.05, 4.69) is 21.7 Å². The van der Waals surface area contributed by atoms with Crippen molar-refractivity contribution in [1.29, 1.82) is 0 Å². The van der Waals surface area contributed by atoms with Crippen LogP contribution in [0.5, 0.6) is 0 Å². The van der Waals surface area contributed by atoms with E-state index in [-0.39, 0.29) is 10.8 Å². The molecule has 0 fully saturated rings. The first-order valence-electron chi connectivity index (χ1n) is 6.32. The zero-order valence-corrected chi connectivity index (χ0v) is 11.5. The highest BCUT2D eigenvalue weighted by Gasteiger charge is 2.31. The van der Waals surface area contributed by atoms with Gasteiger partial charge in [-0.05, 0) is 25.5 Å². The number of aromatic nitrogens is 1. The van der Waals surface area contributed by atoms with Gasteiger partial charge in [0.25, 0.3) is 0 Å². The van der Waals surface area contributed by atoms with Crippen LogP contribution in [0.1, 0.15) is 18.4 Å². The molecule has 0 saturated heterocycles. The van der Waals surface area contributed by atoms with Crippen molar-refractivity contribution >= 4 is 17.4 Å². The number of hydrogen-bond acceptors (Lipinski definition) is 3. The Morgan fingerprint density at radius 2 is 2.20 bits per heavy atom. The average Bonchev–Trinajstić information content (AvgIpc) is 2.40. The molecule has 0 unspecified atom stereocenters. The van der Waals surface area contributed by atoms with Gasteiger partial charge in [-0.3, -0.25) is 0 Å². The molecule has 2 N–H and O–H groups in total. The van der Waals surface area contributed by atoms with Gasteiger partial charge in [0, 0.05) is 19.3 Å². The van der Waals surface area contributed by atoms with Crippen LogP contribution in [0, 0.1) is 0 Å². The predicted octanol–water partition coefficient (Wildman–Crippen LogP) is 3.48. The highest BCUT2D eigenvalue weighted by molar-refractivity contribution is 6.32. The SMILES string of the molecule is FC(F)(F)c1cnc(NCCC2=CCNCC2)c(Cl)c1. The van der Waals surface area contributed by atoms with Crippen LogP contribution in [-0.4, -0.2) is 24.6 Å². The third-order valence-corrected chi connectivity index (χ3v) is 3.35. The fourth-order valence-electron chi connectivity index (χ4n) is 1.96. The van der Waals surface area contributed by atoms with E-state index in [1.807, 2.05) is 0 Å². The molecular formula is C13H15ClF3N3. The van der Waals surface area contributed by atoms with Gasteiger partial charge in [0.1, 0.15) is 5.82 Å². The molecule has 0 atom stereocenters. The van der Waals surface area contributed by atoms with E-state index >= 15 is 0 Å². The lowest BCUT2D eigenvalue weighted by molar-refractivity contribution is -0.137. The Hall–Kier alpha value is -1.27. The molecule has 0 saturated carbocycles. The van der Waals surface area contributed by atoms with Gasteiger partial charge < -0.3 is 10.6 Å². The van der Waals surface area contributed by atoms with E-state index in [0.717, 1.165) is 38.2 Å². The van der Waals surface area contributed by atoms with Crippen molar-refractivity contribution in [3.8, 4) is 0 Å². The fraction of sp³-hybridized carbons (Fsp3) is 0.462. The first kappa shape index (κ1) is 15.1. The molecule has 1 aliphatic heterocycles. The first-order valence-corrected chi connectivity index (χ1v) is 6.70. The maximum atomic E-state index is 12.5. The summed E-state index contributed by atoms with van der Waals surface area (Å²) in [7, 11) is 0. The van der Waals surface area contributed by atoms with Crippen LogP contribution in [0.25, 0.3) is 0 Å². The molecule has 0 aliphatic carbocycles. The van der Waals surface area contributed by atoms with Crippen LogP contribution >= 0.6 is 11.6 Å². The molecule has 0 radical (unpaired) electrons. The van der Waals surface area contributed by atoms with Crippen LogP contribution in [0.2, 0.25) is 5.02 Å². The highest BCUT2D eigenvalue weighted by atomic mass is 35.5. The molecule has 3 nitrogen and oxygen atoms in total.